The molecule has 1 heterocycles. The fourth-order valence-electron chi connectivity index (χ4n) is 2.11. The summed E-state index contributed by atoms with van der Waals surface area (Å²) in [5.74, 6) is 0. The molecule has 7 nitrogen and oxygen atoms in total. The van der Waals surface area contributed by atoms with Crippen molar-refractivity contribution in [1.29, 1.82) is 0 Å². The van der Waals surface area contributed by atoms with Gasteiger partial charge in [-0.15, -0.1) is 0 Å². The summed E-state index contributed by atoms with van der Waals surface area (Å²) in [5.41, 5.74) is 0.973. The summed E-state index contributed by atoms with van der Waals surface area (Å²) in [6, 6.07) is 9.56. The van der Waals surface area contributed by atoms with Crippen molar-refractivity contribution in [3.8, 4) is 0 Å². The summed E-state index contributed by atoms with van der Waals surface area (Å²) < 4.78 is 48.2. The minimum Gasteiger partial charge on any atom is -0.370 e. The van der Waals surface area contributed by atoms with Crippen molar-refractivity contribution in [1.82, 2.24) is 0 Å². The summed E-state index contributed by atoms with van der Waals surface area (Å²) >= 11 is 0. The molecule has 0 aromatic heterocycles. The lowest BCUT2D eigenvalue weighted by atomic mass is 10.1. The zero-order valence-electron chi connectivity index (χ0n) is 12.5. The van der Waals surface area contributed by atoms with E-state index >= 15 is 0 Å². The number of hydrogen-bond acceptors (Lipinski definition) is 7. The highest BCUT2D eigenvalue weighted by molar-refractivity contribution is 7.82. The Kier molecular flexibility index (Phi) is 6.30. The smallest absolute Gasteiger partial charge is 0.370 e. The average molecular weight is 332 g/mol. The first-order valence-corrected chi connectivity index (χ1v) is 8.16. The fraction of sp³-hybridized carbons (Fsp3) is 0.571. The molecular formula is C14H20O7S. The molecule has 1 saturated heterocycles. The van der Waals surface area contributed by atoms with Crippen LogP contribution in [0.4, 0.5) is 0 Å². The summed E-state index contributed by atoms with van der Waals surface area (Å²) in [7, 11) is -0.924. The number of ether oxygens (including phenoxy) is 3. The molecule has 0 aliphatic carbocycles. The van der Waals surface area contributed by atoms with Crippen LogP contribution in [0.2, 0.25) is 0 Å². The third-order valence-corrected chi connectivity index (χ3v) is 4.20. The van der Waals surface area contributed by atoms with E-state index in [1.54, 1.807) is 0 Å². The van der Waals surface area contributed by atoms with Crippen molar-refractivity contribution in [3.63, 3.8) is 0 Å². The van der Waals surface area contributed by atoms with Crippen LogP contribution in [-0.4, -0.2) is 47.7 Å². The Bertz CT molecular complexity index is 542. The second-order valence-electron chi connectivity index (χ2n) is 4.80. The van der Waals surface area contributed by atoms with Crippen molar-refractivity contribution < 1.29 is 31.0 Å². The Labute approximate surface area is 130 Å². The van der Waals surface area contributed by atoms with Crippen LogP contribution in [-0.2, 0) is 39.6 Å². The molecule has 124 valence electrons. The van der Waals surface area contributed by atoms with Gasteiger partial charge in [0, 0.05) is 20.6 Å². The first kappa shape index (κ1) is 17.3. The molecule has 0 radical (unpaired) electrons. The summed E-state index contributed by atoms with van der Waals surface area (Å²) in [6.07, 6.45) is -1.46. The zero-order valence-corrected chi connectivity index (χ0v) is 13.3. The predicted octanol–water partition coefficient (Wildman–Crippen LogP) is 1.24. The summed E-state index contributed by atoms with van der Waals surface area (Å²) in [5, 5.41) is 0. The molecule has 0 unspecified atom stereocenters. The fourth-order valence-corrected chi connectivity index (χ4v) is 2.95. The molecule has 0 bridgehead atoms. The minimum atomic E-state index is -3.93. The van der Waals surface area contributed by atoms with Gasteiger partial charge in [-0.2, -0.15) is 8.42 Å². The van der Waals surface area contributed by atoms with Crippen molar-refractivity contribution in [2.75, 3.05) is 20.8 Å². The molecule has 22 heavy (non-hydrogen) atoms. The van der Waals surface area contributed by atoms with Gasteiger partial charge in [-0.25, -0.2) is 8.37 Å². The van der Waals surface area contributed by atoms with E-state index in [0.717, 1.165) is 5.56 Å². The highest BCUT2D eigenvalue weighted by atomic mass is 32.3. The Balaban J connectivity index is 2.01. The maximum atomic E-state index is 11.3. The van der Waals surface area contributed by atoms with Gasteiger partial charge in [0.1, 0.15) is 6.10 Å². The maximum absolute atomic E-state index is 11.3. The van der Waals surface area contributed by atoms with Crippen LogP contribution in [0, 0.1) is 0 Å². The van der Waals surface area contributed by atoms with E-state index < -0.39 is 28.9 Å². The first-order valence-electron chi connectivity index (χ1n) is 6.83. The lowest BCUT2D eigenvalue weighted by molar-refractivity contribution is -0.144. The number of hydrogen-bond donors (Lipinski definition) is 0. The number of benzene rings is 1. The highest BCUT2D eigenvalue weighted by Gasteiger charge is 2.38. The highest BCUT2D eigenvalue weighted by Crippen LogP contribution is 2.23. The van der Waals surface area contributed by atoms with Gasteiger partial charge in [0.25, 0.3) is 0 Å². The SMILES string of the molecule is COC(C[C@@H](OCc1ccccc1)[C@@H]1COS(=O)(=O)O1)OC. The van der Waals surface area contributed by atoms with Gasteiger partial charge >= 0.3 is 10.4 Å². The zero-order chi connectivity index (χ0) is 16.0. The van der Waals surface area contributed by atoms with Gasteiger partial charge in [0.2, 0.25) is 0 Å². The van der Waals surface area contributed by atoms with Crippen molar-refractivity contribution in [2.45, 2.75) is 31.5 Å². The van der Waals surface area contributed by atoms with Gasteiger partial charge in [0.05, 0.1) is 19.3 Å². The van der Waals surface area contributed by atoms with Crippen LogP contribution in [0.5, 0.6) is 0 Å². The standard InChI is InChI=1S/C14H20O7S/c1-17-14(18-2)8-12(13-10-20-22(15,16)21-13)19-9-11-6-4-3-5-7-11/h3-7,12-14H,8-10H2,1-2H3/t12-,13+/m1/s1. The quantitative estimate of drug-likeness (QED) is 0.663. The third-order valence-electron chi connectivity index (χ3n) is 3.29. The van der Waals surface area contributed by atoms with Crippen LogP contribution in [0.1, 0.15) is 12.0 Å². The van der Waals surface area contributed by atoms with Gasteiger partial charge in [-0.05, 0) is 5.56 Å². The maximum Gasteiger partial charge on any atom is 0.400 e. The molecule has 0 amide bonds. The van der Waals surface area contributed by atoms with E-state index in [0.29, 0.717) is 13.0 Å². The number of rotatable bonds is 8. The van der Waals surface area contributed by atoms with Crippen molar-refractivity contribution >= 4 is 10.4 Å². The molecule has 2 rings (SSSR count). The van der Waals surface area contributed by atoms with E-state index in [1.807, 2.05) is 30.3 Å². The van der Waals surface area contributed by atoms with E-state index in [-0.39, 0.29) is 6.61 Å². The average Bonchev–Trinajstić information content (AvgIpc) is 2.89. The van der Waals surface area contributed by atoms with Crippen LogP contribution in [0.3, 0.4) is 0 Å². The lowest BCUT2D eigenvalue weighted by Gasteiger charge is -2.24. The van der Waals surface area contributed by atoms with E-state index in [2.05, 4.69) is 4.18 Å². The van der Waals surface area contributed by atoms with Crippen molar-refractivity contribution in [3.05, 3.63) is 35.9 Å². The Hall–Kier alpha value is -1.03. The summed E-state index contributed by atoms with van der Waals surface area (Å²) in [4.78, 5) is 0. The van der Waals surface area contributed by atoms with Crippen LogP contribution >= 0.6 is 0 Å². The number of methoxy groups -OCH3 is 2. The van der Waals surface area contributed by atoms with E-state index in [9.17, 15) is 8.42 Å². The van der Waals surface area contributed by atoms with Gasteiger partial charge in [-0.3, -0.25) is 0 Å². The largest absolute Gasteiger partial charge is 0.400 e. The molecule has 0 spiro atoms. The predicted molar refractivity (Wildman–Crippen MR) is 77.2 cm³/mol. The molecule has 1 aliphatic heterocycles. The molecule has 0 N–H and O–H groups in total. The van der Waals surface area contributed by atoms with Gasteiger partial charge < -0.3 is 14.2 Å². The van der Waals surface area contributed by atoms with Gasteiger partial charge in [-0.1, -0.05) is 30.3 Å². The van der Waals surface area contributed by atoms with Gasteiger partial charge in [0.15, 0.2) is 6.29 Å². The molecule has 2 atom stereocenters. The monoisotopic (exact) mass is 332 g/mol. The van der Waals surface area contributed by atoms with E-state index in [4.69, 9.17) is 18.4 Å². The molecule has 1 aromatic carbocycles. The van der Waals surface area contributed by atoms with E-state index in [1.165, 1.54) is 14.2 Å². The topological polar surface area (TPSA) is 80.3 Å². The molecular weight excluding hydrogens is 312 g/mol. The summed E-state index contributed by atoms with van der Waals surface area (Å²) in [6.45, 7) is 0.244. The second kappa shape index (κ2) is 8.00. The second-order valence-corrected chi connectivity index (χ2v) is 6.04. The minimum absolute atomic E-state index is 0.0814. The van der Waals surface area contributed by atoms with Crippen molar-refractivity contribution in [2.24, 2.45) is 0 Å². The molecule has 1 aliphatic rings. The molecule has 0 saturated carbocycles. The Morgan fingerprint density at radius 1 is 1.23 bits per heavy atom. The van der Waals surface area contributed by atoms with Crippen LogP contribution in [0.25, 0.3) is 0 Å². The lowest BCUT2D eigenvalue weighted by Crippen LogP contribution is -2.35. The normalized spacial score (nSPS) is 22.0. The van der Waals surface area contributed by atoms with Crippen LogP contribution in [0.15, 0.2) is 30.3 Å². The molecule has 1 fully saturated rings. The van der Waals surface area contributed by atoms with Crippen LogP contribution < -0.4 is 0 Å². The third kappa shape index (κ3) is 5.01. The Morgan fingerprint density at radius 2 is 1.91 bits per heavy atom. The molecule has 1 aromatic rings. The Morgan fingerprint density at radius 3 is 2.45 bits per heavy atom. The molecule has 8 heteroatoms. The first-order chi connectivity index (χ1) is 10.5.